The average molecular weight is 707 g/mol. The molecule has 2 aliphatic carbocycles. The van der Waals surface area contributed by atoms with Crippen molar-refractivity contribution in [2.24, 2.45) is 5.92 Å². The maximum atomic E-state index is 3.67. The fraction of sp³-hybridized carbons (Fsp3) is 0.308. The summed E-state index contributed by atoms with van der Waals surface area (Å²) in [5, 5.41) is 2.10. The third-order valence-electron chi connectivity index (χ3n) is 7.41. The first kappa shape index (κ1) is 37.4. The first-order valence-corrected chi connectivity index (χ1v) is 16.6. The van der Waals surface area contributed by atoms with Gasteiger partial charge in [0.2, 0.25) is 0 Å². The summed E-state index contributed by atoms with van der Waals surface area (Å²) < 4.78 is 1.46. The number of fused-ring (bicyclic) bond motifs is 3. The molecule has 1 heterocycles. The molecule has 0 nitrogen and oxygen atoms in total. The van der Waals surface area contributed by atoms with E-state index in [0.717, 1.165) is 6.42 Å². The van der Waals surface area contributed by atoms with Crippen LogP contribution >= 0.6 is 36.2 Å². The Morgan fingerprint density at radius 2 is 1.51 bits per heavy atom. The van der Waals surface area contributed by atoms with Crippen LogP contribution in [0, 0.1) is 18.1 Å². The summed E-state index contributed by atoms with van der Waals surface area (Å²) in [5.74, 6) is 0.493. The van der Waals surface area contributed by atoms with Crippen LogP contribution in [0.2, 0.25) is 0 Å². The van der Waals surface area contributed by atoms with Crippen molar-refractivity contribution in [2.45, 2.75) is 72.6 Å². The SMILES string of the molecule is CC(C)(C)c1[c-]c2c(cc1)-c1ccc(C(C)(C)C)cc1C2.CC1[C-]=CC(c2cccs2)=C1.C[C](=[Zr+2])c1ccccc1.Cl.Cl. The molecule has 0 aliphatic heterocycles. The monoisotopic (exact) mass is 704 g/mol. The van der Waals surface area contributed by atoms with Gasteiger partial charge in [-0.3, -0.25) is 6.08 Å². The van der Waals surface area contributed by atoms with Crippen LogP contribution in [0.3, 0.4) is 0 Å². The minimum Gasteiger partial charge on any atom is -0.147 e. The van der Waals surface area contributed by atoms with E-state index in [-0.39, 0.29) is 35.6 Å². The van der Waals surface area contributed by atoms with E-state index in [0.29, 0.717) is 5.92 Å². The van der Waals surface area contributed by atoms with Crippen LogP contribution in [0.1, 0.15) is 88.1 Å². The van der Waals surface area contributed by atoms with Crippen molar-refractivity contribution in [3.05, 3.63) is 135 Å². The Balaban J connectivity index is 0.000000247. The van der Waals surface area contributed by atoms with E-state index in [4.69, 9.17) is 0 Å². The largest absolute Gasteiger partial charge is 0.147 e. The van der Waals surface area contributed by atoms with Crippen molar-refractivity contribution in [2.75, 3.05) is 0 Å². The first-order valence-electron chi connectivity index (χ1n) is 14.5. The van der Waals surface area contributed by atoms with Gasteiger partial charge in [0.15, 0.2) is 0 Å². The quantitative estimate of drug-likeness (QED) is 0.160. The van der Waals surface area contributed by atoms with E-state index in [1.807, 2.05) is 6.07 Å². The first-order chi connectivity index (χ1) is 19.3. The zero-order valence-corrected chi connectivity index (χ0v) is 31.6. The average Bonchev–Trinajstić information content (AvgIpc) is 3.68. The van der Waals surface area contributed by atoms with Crippen molar-refractivity contribution in [3.8, 4) is 11.1 Å². The number of allylic oxidation sites excluding steroid dienone is 4. The Bertz CT molecular complexity index is 1490. The van der Waals surface area contributed by atoms with Gasteiger partial charge in [0.1, 0.15) is 0 Å². The summed E-state index contributed by atoms with van der Waals surface area (Å²) >= 11 is 3.29. The van der Waals surface area contributed by atoms with Gasteiger partial charge >= 0.3 is 70.3 Å². The molecule has 0 amide bonds. The zero-order chi connectivity index (χ0) is 29.8. The molecule has 0 spiro atoms. The maximum Gasteiger partial charge on any atom is -0.147 e. The van der Waals surface area contributed by atoms with Gasteiger partial charge in [-0.1, -0.05) is 90.3 Å². The standard InChI is InChI=1S/C21H25.C10H9S.C8H8.2ClH.Zr/c1-20(2,3)16-7-9-18-14(12-16)11-15-13-17(21(4,5)6)8-10-19(15)18;1-8-4-5-9(7-8)10-3-2-6-11-10;1-2-8-6-4-3-5-7-8;;;/h7-10,12H,11H2,1-6H3;2-3,5-8H,1H3;3-7H,1H3;2*1H;/q2*-1;;;;+2. The molecule has 1 atom stereocenters. The summed E-state index contributed by atoms with van der Waals surface area (Å²) in [6.45, 7) is 17.9. The van der Waals surface area contributed by atoms with E-state index < -0.39 is 0 Å². The minimum absolute atomic E-state index is 0. The second kappa shape index (κ2) is 15.9. The molecule has 6 rings (SSSR count). The summed E-state index contributed by atoms with van der Waals surface area (Å²) in [6, 6.07) is 29.9. The van der Waals surface area contributed by atoms with Crippen LogP contribution in [0.5, 0.6) is 0 Å². The van der Waals surface area contributed by atoms with Gasteiger partial charge in [-0.15, -0.1) is 35.9 Å². The second-order valence-electron chi connectivity index (χ2n) is 13.0. The Hall–Kier alpha value is -1.83. The fourth-order valence-electron chi connectivity index (χ4n) is 4.90. The predicted molar refractivity (Wildman–Crippen MR) is 191 cm³/mol. The minimum atomic E-state index is 0. The molecule has 4 aromatic rings. The molecule has 1 aromatic heterocycles. The molecule has 43 heavy (non-hydrogen) atoms. The van der Waals surface area contributed by atoms with Gasteiger partial charge in [0.25, 0.3) is 0 Å². The molecule has 3 aromatic carbocycles. The Labute approximate surface area is 291 Å². The predicted octanol–water partition coefficient (Wildman–Crippen LogP) is 11.4. The summed E-state index contributed by atoms with van der Waals surface area (Å²) in [5.41, 5.74) is 11.4. The summed E-state index contributed by atoms with van der Waals surface area (Å²) in [4.78, 5) is 1.35. The normalized spacial score (nSPS) is 14.5. The summed E-state index contributed by atoms with van der Waals surface area (Å²) in [6.07, 6.45) is 8.59. The molecule has 224 valence electrons. The molecule has 0 fully saturated rings. The molecule has 0 N–H and O–H groups in total. The molecule has 0 bridgehead atoms. The molecular weight excluding hydrogens is 663 g/mol. The van der Waals surface area contributed by atoms with Crippen molar-refractivity contribution in [1.82, 2.24) is 0 Å². The molecule has 0 saturated carbocycles. The number of halogens is 2. The van der Waals surface area contributed by atoms with Crippen LogP contribution in [-0.2, 0) is 41.5 Å². The van der Waals surface area contributed by atoms with E-state index in [9.17, 15) is 0 Å². The van der Waals surface area contributed by atoms with Crippen LogP contribution in [-0.4, -0.2) is 3.21 Å². The van der Waals surface area contributed by atoms with Crippen molar-refractivity contribution in [1.29, 1.82) is 0 Å². The van der Waals surface area contributed by atoms with Gasteiger partial charge in [-0.2, -0.15) is 46.7 Å². The topological polar surface area (TPSA) is 0 Å². The van der Waals surface area contributed by atoms with Crippen LogP contribution in [0.4, 0.5) is 0 Å². The zero-order valence-electron chi connectivity index (χ0n) is 26.7. The van der Waals surface area contributed by atoms with E-state index in [1.165, 1.54) is 76.8 Å². The molecule has 2 aliphatic rings. The smallest absolute Gasteiger partial charge is 0.147 e. The van der Waals surface area contributed by atoms with Crippen molar-refractivity contribution < 1.29 is 24.2 Å². The van der Waals surface area contributed by atoms with Gasteiger partial charge in [-0.25, -0.2) is 6.08 Å². The maximum absolute atomic E-state index is 3.67. The molecule has 0 saturated heterocycles. The van der Waals surface area contributed by atoms with Crippen molar-refractivity contribution >= 4 is 44.9 Å². The third-order valence-corrected chi connectivity index (χ3v) is 9.04. The van der Waals surface area contributed by atoms with Gasteiger partial charge in [0, 0.05) is 0 Å². The number of thiophene rings is 1. The van der Waals surface area contributed by atoms with Crippen LogP contribution in [0.25, 0.3) is 16.7 Å². The van der Waals surface area contributed by atoms with E-state index >= 15 is 0 Å². The van der Waals surface area contributed by atoms with E-state index in [1.54, 1.807) is 11.3 Å². The third kappa shape index (κ3) is 10.1. The Kier molecular flexibility index (Phi) is 13.9. The molecule has 1 unspecified atom stereocenters. The molecule has 0 radical (unpaired) electrons. The summed E-state index contributed by atoms with van der Waals surface area (Å²) in [7, 11) is 0. The number of hydrogen-bond donors (Lipinski definition) is 0. The van der Waals surface area contributed by atoms with Gasteiger partial charge in [0.05, 0.1) is 0 Å². The number of benzene rings is 3. The number of rotatable bonds is 2. The molecular formula is C39H44Cl2SZr. The second-order valence-corrected chi connectivity index (χ2v) is 15.8. The number of hydrogen-bond acceptors (Lipinski definition) is 1. The van der Waals surface area contributed by atoms with E-state index in [2.05, 4.69) is 152 Å². The van der Waals surface area contributed by atoms with Gasteiger partial charge in [-0.05, 0) is 38.6 Å². The van der Waals surface area contributed by atoms with Crippen molar-refractivity contribution in [3.63, 3.8) is 0 Å². The Morgan fingerprint density at radius 1 is 0.837 bits per heavy atom. The fourth-order valence-corrected chi connectivity index (χ4v) is 6.03. The van der Waals surface area contributed by atoms with Gasteiger partial charge < -0.3 is 0 Å². The van der Waals surface area contributed by atoms with Crippen LogP contribution in [0.15, 0.2) is 90.3 Å². The molecule has 4 heteroatoms. The van der Waals surface area contributed by atoms with Crippen LogP contribution < -0.4 is 0 Å². The Morgan fingerprint density at radius 3 is 2.02 bits per heavy atom.